The quantitative estimate of drug-likeness (QED) is 0.0794. The molecule has 0 amide bonds. The highest BCUT2D eigenvalue weighted by atomic mass is 16.7. The first-order valence-corrected chi connectivity index (χ1v) is 13.9. The Kier molecular flexibility index (Phi) is 11.3. The molecule has 46 heavy (non-hydrogen) atoms. The minimum Gasteiger partial charge on any atom is -0.508 e. The number of rotatable bonds is 9. The summed E-state index contributed by atoms with van der Waals surface area (Å²) in [5.41, 5.74) is 0.616. The summed E-state index contributed by atoms with van der Waals surface area (Å²) in [6.45, 7) is -1.14. The van der Waals surface area contributed by atoms with Crippen LogP contribution in [0.2, 0.25) is 0 Å². The zero-order valence-corrected chi connectivity index (χ0v) is 23.9. The molecule has 2 aliphatic heterocycles. The Morgan fingerprint density at radius 3 is 1.67 bits per heavy atom. The van der Waals surface area contributed by atoms with E-state index in [0.29, 0.717) is 5.56 Å². The van der Waals surface area contributed by atoms with Crippen molar-refractivity contribution in [1.29, 1.82) is 0 Å². The average Bonchev–Trinajstić information content (AvgIpc) is 3.03. The number of aromatic hydroxyl groups is 3. The Bertz CT molecular complexity index is 1440. The molecular formula is C30H34O16. The Morgan fingerprint density at radius 1 is 0.609 bits per heavy atom. The number of aliphatic hydroxyl groups is 7. The molecule has 2 aromatic rings. The average molecular weight is 651 g/mol. The van der Waals surface area contributed by atoms with Crippen LogP contribution in [-0.4, -0.2) is 131 Å². The number of benzene rings is 2. The maximum atomic E-state index is 12.2. The lowest BCUT2D eigenvalue weighted by Crippen LogP contribution is -2.58. The molecule has 2 heterocycles. The zero-order valence-electron chi connectivity index (χ0n) is 23.9. The molecule has 4 rings (SSSR count). The smallest absolute Gasteiger partial charge is 0.330 e. The Morgan fingerprint density at radius 2 is 1.11 bits per heavy atom. The van der Waals surface area contributed by atoms with E-state index in [1.807, 2.05) is 0 Å². The van der Waals surface area contributed by atoms with Crippen molar-refractivity contribution < 1.29 is 79.6 Å². The summed E-state index contributed by atoms with van der Waals surface area (Å²) in [5.74, 6) is -2.91. The number of aliphatic hydroxyl groups excluding tert-OH is 7. The lowest BCUT2D eigenvalue weighted by molar-refractivity contribution is -0.287. The van der Waals surface area contributed by atoms with Gasteiger partial charge < -0.3 is 70.0 Å². The number of ether oxygens (including phenoxy) is 4. The number of carbonyl (C=O) groups excluding carboxylic acids is 2. The van der Waals surface area contributed by atoms with Gasteiger partial charge in [0.15, 0.2) is 17.8 Å². The van der Waals surface area contributed by atoms with Gasteiger partial charge in [-0.25, -0.2) is 9.59 Å². The van der Waals surface area contributed by atoms with E-state index in [9.17, 15) is 60.7 Å². The van der Waals surface area contributed by atoms with Gasteiger partial charge >= 0.3 is 11.9 Å². The number of esters is 2. The third kappa shape index (κ3) is 8.18. The van der Waals surface area contributed by atoms with Gasteiger partial charge in [-0.2, -0.15) is 0 Å². The van der Waals surface area contributed by atoms with Crippen molar-refractivity contribution in [1.82, 2.24) is 0 Å². The van der Waals surface area contributed by atoms with Crippen molar-refractivity contribution in [3.8, 4) is 17.2 Å². The topological polar surface area (TPSA) is 273 Å². The van der Waals surface area contributed by atoms with Gasteiger partial charge in [0.05, 0.1) is 0 Å². The summed E-state index contributed by atoms with van der Waals surface area (Å²) in [5, 5.41) is 99.8. The van der Waals surface area contributed by atoms with Crippen LogP contribution in [0.15, 0.2) is 48.6 Å². The number of phenolic OH excluding ortho intramolecular Hbond substituents is 3. The second-order valence-corrected chi connectivity index (χ2v) is 10.6. The van der Waals surface area contributed by atoms with E-state index in [-0.39, 0.29) is 22.6 Å². The minimum absolute atomic E-state index is 0.0439. The molecule has 0 unspecified atom stereocenters. The largest absolute Gasteiger partial charge is 0.508 e. The van der Waals surface area contributed by atoms with E-state index < -0.39 is 92.1 Å². The van der Waals surface area contributed by atoms with Crippen LogP contribution in [0.1, 0.15) is 22.8 Å². The van der Waals surface area contributed by atoms with Crippen LogP contribution in [0.3, 0.4) is 0 Å². The van der Waals surface area contributed by atoms with Crippen LogP contribution in [0.25, 0.3) is 12.2 Å². The lowest BCUT2D eigenvalue weighted by Gasteiger charge is -2.40. The molecule has 0 radical (unpaired) electrons. The standard InChI is InChI=1S/C30H34O16/c31-16-5-1-13(3-7-21(34)44-12-20-24(37)26(39)28(41)30(42)46-20)9-15(16)29-27(40)25(38)23(36)19(45-29)11-43-22(35)8-4-14-2-6-17(32)18(33)10-14/h1-10,19-20,23-33,36-42H,11-12H2/b7-3+,8-4+/t19-,20-,23-,24-,25+,26+,27-,28-,29+,30-/m1/s1. The van der Waals surface area contributed by atoms with Crippen molar-refractivity contribution in [2.45, 2.75) is 61.2 Å². The molecule has 10 atom stereocenters. The molecule has 0 aliphatic carbocycles. The summed E-state index contributed by atoms with van der Waals surface area (Å²) in [4.78, 5) is 24.5. The fourth-order valence-electron chi connectivity index (χ4n) is 4.72. The fourth-order valence-corrected chi connectivity index (χ4v) is 4.72. The van der Waals surface area contributed by atoms with E-state index in [4.69, 9.17) is 18.9 Å². The summed E-state index contributed by atoms with van der Waals surface area (Å²) >= 11 is 0. The van der Waals surface area contributed by atoms with Crippen LogP contribution in [-0.2, 0) is 28.5 Å². The monoisotopic (exact) mass is 650 g/mol. The summed E-state index contributed by atoms with van der Waals surface area (Å²) in [6.07, 6.45) is -11.7. The molecule has 0 aromatic heterocycles. The van der Waals surface area contributed by atoms with Crippen LogP contribution in [0.4, 0.5) is 0 Å². The zero-order chi connectivity index (χ0) is 33.7. The predicted octanol–water partition coefficient (Wildman–Crippen LogP) is -2.06. The molecule has 16 heteroatoms. The molecule has 0 bridgehead atoms. The SMILES string of the molecule is O=C(/C=C/c1ccc(O)c([C@@H]2O[C@H](COC(=O)/C=C/c3ccc(O)c(O)c3)[C@@H](O)[C@H](O)[C@H]2O)c1)OC[C@H]1O[C@@H](O)[C@H](O)[C@@H](O)[C@@H]1O. The van der Waals surface area contributed by atoms with Crippen LogP contribution in [0, 0.1) is 0 Å². The molecule has 0 spiro atoms. The second-order valence-electron chi connectivity index (χ2n) is 10.6. The Hall–Kier alpha value is -4.10. The van der Waals surface area contributed by atoms with Crippen molar-refractivity contribution in [3.63, 3.8) is 0 Å². The first-order chi connectivity index (χ1) is 21.8. The number of carbonyl (C=O) groups is 2. The van der Waals surface area contributed by atoms with Crippen LogP contribution >= 0.6 is 0 Å². The predicted molar refractivity (Wildman–Crippen MR) is 152 cm³/mol. The van der Waals surface area contributed by atoms with Crippen LogP contribution < -0.4 is 0 Å². The maximum absolute atomic E-state index is 12.2. The molecule has 2 saturated heterocycles. The normalized spacial score (nSPS) is 31.6. The Balaban J connectivity index is 1.38. The van der Waals surface area contributed by atoms with Crippen molar-refractivity contribution in [2.24, 2.45) is 0 Å². The van der Waals surface area contributed by atoms with E-state index in [1.54, 1.807) is 0 Å². The van der Waals surface area contributed by atoms with Gasteiger partial charge in [-0.15, -0.1) is 0 Å². The maximum Gasteiger partial charge on any atom is 0.330 e. The van der Waals surface area contributed by atoms with Crippen molar-refractivity contribution in [3.05, 3.63) is 65.2 Å². The summed E-state index contributed by atoms with van der Waals surface area (Å²) in [6, 6.07) is 7.78. The number of hydrogen-bond donors (Lipinski definition) is 10. The van der Waals surface area contributed by atoms with E-state index in [2.05, 4.69) is 0 Å². The van der Waals surface area contributed by atoms with Gasteiger partial charge in [0.25, 0.3) is 0 Å². The lowest BCUT2D eigenvalue weighted by atomic mass is 9.90. The minimum atomic E-state index is -1.80. The number of hydrogen-bond acceptors (Lipinski definition) is 16. The molecule has 2 aromatic carbocycles. The van der Waals surface area contributed by atoms with Gasteiger partial charge in [0.1, 0.15) is 73.9 Å². The van der Waals surface area contributed by atoms with Gasteiger partial charge in [-0.1, -0.05) is 12.1 Å². The molecule has 2 aliphatic rings. The molecule has 2 fully saturated rings. The first-order valence-electron chi connectivity index (χ1n) is 13.9. The highest BCUT2D eigenvalue weighted by Crippen LogP contribution is 2.37. The Labute approximate surface area is 260 Å². The highest BCUT2D eigenvalue weighted by Gasteiger charge is 2.46. The highest BCUT2D eigenvalue weighted by molar-refractivity contribution is 5.87. The third-order valence-electron chi connectivity index (χ3n) is 7.36. The van der Waals surface area contributed by atoms with E-state index in [1.165, 1.54) is 48.6 Å². The van der Waals surface area contributed by atoms with Crippen molar-refractivity contribution >= 4 is 24.1 Å². The summed E-state index contributed by atoms with van der Waals surface area (Å²) < 4.78 is 20.7. The van der Waals surface area contributed by atoms with Gasteiger partial charge in [-0.05, 0) is 47.5 Å². The van der Waals surface area contributed by atoms with E-state index >= 15 is 0 Å². The molecular weight excluding hydrogens is 616 g/mol. The fraction of sp³-hybridized carbons (Fsp3) is 0.400. The summed E-state index contributed by atoms with van der Waals surface area (Å²) in [7, 11) is 0. The first kappa shape index (κ1) is 34.8. The second kappa shape index (κ2) is 15.0. The molecule has 0 saturated carbocycles. The molecule has 250 valence electrons. The third-order valence-corrected chi connectivity index (χ3v) is 7.36. The number of phenols is 3. The van der Waals surface area contributed by atoms with Crippen LogP contribution in [0.5, 0.6) is 17.2 Å². The van der Waals surface area contributed by atoms with Gasteiger partial charge in [-0.3, -0.25) is 0 Å². The molecule has 10 N–H and O–H groups in total. The van der Waals surface area contributed by atoms with Crippen molar-refractivity contribution in [2.75, 3.05) is 13.2 Å². The van der Waals surface area contributed by atoms with E-state index in [0.717, 1.165) is 12.2 Å². The molecule has 16 nitrogen and oxygen atoms in total. The van der Waals surface area contributed by atoms with Gasteiger partial charge in [0.2, 0.25) is 0 Å². The van der Waals surface area contributed by atoms with Gasteiger partial charge in [0, 0.05) is 17.7 Å².